The van der Waals surface area contributed by atoms with Gasteiger partial charge in [0, 0.05) is 11.2 Å². The van der Waals surface area contributed by atoms with E-state index in [4.69, 9.17) is 19.8 Å². The lowest BCUT2D eigenvalue weighted by atomic mass is 9.80. The maximum absolute atomic E-state index is 13.0. The van der Waals surface area contributed by atoms with Crippen LogP contribution in [0, 0.1) is 0 Å². The van der Waals surface area contributed by atoms with Crippen LogP contribution in [0.1, 0.15) is 70.8 Å². The number of carboxylic acid groups (broad SMARTS) is 2. The van der Waals surface area contributed by atoms with Crippen LogP contribution in [0.4, 0.5) is 5.69 Å². The molecule has 1 atom stereocenters. The minimum absolute atomic E-state index is 0.140. The summed E-state index contributed by atoms with van der Waals surface area (Å²) in [6.07, 6.45) is 9.58. The molecule has 31 heavy (non-hydrogen) atoms. The second kappa shape index (κ2) is 11.1. The number of amides is 1. The van der Waals surface area contributed by atoms with E-state index in [0.29, 0.717) is 12.5 Å². The Hall–Kier alpha value is -2.67. The summed E-state index contributed by atoms with van der Waals surface area (Å²) in [4.78, 5) is 33.2. The van der Waals surface area contributed by atoms with Crippen molar-refractivity contribution in [3.05, 3.63) is 41.5 Å². The minimum atomic E-state index is -1.82. The molecule has 0 saturated carbocycles. The molecule has 1 aliphatic heterocycles. The maximum atomic E-state index is 13.0. The highest BCUT2D eigenvalue weighted by Crippen LogP contribution is 2.43. The average molecular weight is 431 g/mol. The molecule has 2 aliphatic rings. The number of fused-ring (bicyclic) bond motifs is 1. The van der Waals surface area contributed by atoms with Gasteiger partial charge in [0.25, 0.3) is 0 Å². The molecule has 0 spiro atoms. The van der Waals surface area contributed by atoms with Gasteiger partial charge in [-0.15, -0.1) is 0 Å². The Kier molecular flexibility index (Phi) is 8.80. The number of carboxylic acids is 2. The standard InChI is InChI=1S/C22H32N2O.C2H2O4/c1-17-15-22(2,3)24(20-12-8-7-11-19(17)20)21(25)16-23-14-13-18-9-5-4-6-10-18;3-1(4)2(5)6/h7-9,11-12,17,23H,4-6,10,13-16H2,1-3H3;(H,3,4)(H,5,6). The van der Waals surface area contributed by atoms with Crippen molar-refractivity contribution in [1.82, 2.24) is 5.32 Å². The van der Waals surface area contributed by atoms with E-state index in [1.54, 1.807) is 5.57 Å². The fourth-order valence-corrected chi connectivity index (χ4v) is 4.51. The fraction of sp³-hybridized carbons (Fsp3) is 0.542. The first-order valence-electron chi connectivity index (χ1n) is 10.9. The molecule has 1 aromatic rings. The van der Waals surface area contributed by atoms with Crippen molar-refractivity contribution < 1.29 is 24.6 Å². The third kappa shape index (κ3) is 6.92. The predicted octanol–water partition coefficient (Wildman–Crippen LogP) is 3.94. The molecule has 3 rings (SSSR count). The van der Waals surface area contributed by atoms with Crippen molar-refractivity contribution in [2.24, 2.45) is 0 Å². The van der Waals surface area contributed by atoms with Gasteiger partial charge in [0.2, 0.25) is 5.91 Å². The van der Waals surface area contributed by atoms with Crippen molar-refractivity contribution in [3.63, 3.8) is 0 Å². The first-order chi connectivity index (χ1) is 14.6. The van der Waals surface area contributed by atoms with E-state index in [0.717, 1.165) is 25.1 Å². The van der Waals surface area contributed by atoms with Crippen LogP contribution in [0.2, 0.25) is 0 Å². The van der Waals surface area contributed by atoms with Crippen LogP contribution in [0.25, 0.3) is 0 Å². The van der Waals surface area contributed by atoms with Crippen LogP contribution in [0.3, 0.4) is 0 Å². The summed E-state index contributed by atoms with van der Waals surface area (Å²) >= 11 is 0. The lowest BCUT2D eigenvalue weighted by molar-refractivity contribution is -0.159. The van der Waals surface area contributed by atoms with Gasteiger partial charge in [-0.3, -0.25) is 4.79 Å². The van der Waals surface area contributed by atoms with Crippen LogP contribution < -0.4 is 10.2 Å². The van der Waals surface area contributed by atoms with Gasteiger partial charge in [-0.1, -0.05) is 36.8 Å². The lowest BCUT2D eigenvalue weighted by Gasteiger charge is -2.46. The van der Waals surface area contributed by atoms with Gasteiger partial charge in [-0.05, 0) is 76.5 Å². The number of nitrogens with one attached hydrogen (secondary N) is 1. The molecular weight excluding hydrogens is 396 g/mol. The van der Waals surface area contributed by atoms with Crippen molar-refractivity contribution in [2.45, 2.75) is 70.8 Å². The number of allylic oxidation sites excluding steroid dienone is 1. The first kappa shape index (κ1) is 24.6. The number of nitrogens with zero attached hydrogens (tertiary/aromatic N) is 1. The van der Waals surface area contributed by atoms with Gasteiger partial charge in [0.15, 0.2) is 0 Å². The minimum Gasteiger partial charge on any atom is -0.473 e. The van der Waals surface area contributed by atoms with Crippen molar-refractivity contribution in [1.29, 1.82) is 0 Å². The summed E-state index contributed by atoms with van der Waals surface area (Å²) in [6.45, 7) is 7.94. The van der Waals surface area contributed by atoms with Gasteiger partial charge < -0.3 is 20.4 Å². The van der Waals surface area contributed by atoms with Gasteiger partial charge in [0.1, 0.15) is 0 Å². The topological polar surface area (TPSA) is 107 Å². The quantitative estimate of drug-likeness (QED) is 0.371. The molecule has 0 saturated heterocycles. The van der Waals surface area contributed by atoms with Gasteiger partial charge in [-0.25, -0.2) is 9.59 Å². The molecular formula is C24H34N2O5. The third-order valence-electron chi connectivity index (χ3n) is 5.84. The number of benzene rings is 1. The van der Waals surface area contributed by atoms with E-state index in [9.17, 15) is 4.79 Å². The summed E-state index contributed by atoms with van der Waals surface area (Å²) in [5.41, 5.74) is 3.80. The van der Waals surface area contributed by atoms with Crippen molar-refractivity contribution >= 4 is 23.5 Å². The van der Waals surface area contributed by atoms with E-state index in [1.165, 1.54) is 31.2 Å². The Bertz CT molecular complexity index is 819. The fourth-order valence-electron chi connectivity index (χ4n) is 4.51. The molecule has 1 unspecified atom stereocenters. The lowest BCUT2D eigenvalue weighted by Crippen LogP contribution is -2.54. The molecule has 0 fully saturated rings. The van der Waals surface area contributed by atoms with E-state index in [-0.39, 0.29) is 11.4 Å². The Morgan fingerprint density at radius 3 is 2.42 bits per heavy atom. The smallest absolute Gasteiger partial charge is 0.414 e. The van der Waals surface area contributed by atoms with Crippen molar-refractivity contribution in [3.8, 4) is 0 Å². The SMILES string of the molecule is CC1CC(C)(C)N(C(=O)CNCCC2=CCCCC2)c2ccccc21.O=C(O)C(=O)O. The van der Waals surface area contributed by atoms with Crippen LogP contribution in [-0.4, -0.2) is 46.7 Å². The summed E-state index contributed by atoms with van der Waals surface area (Å²) in [5.74, 6) is -2.98. The zero-order valence-corrected chi connectivity index (χ0v) is 18.7. The molecule has 7 nitrogen and oxygen atoms in total. The number of hydrogen-bond donors (Lipinski definition) is 3. The van der Waals surface area contributed by atoms with Crippen molar-refractivity contribution in [2.75, 3.05) is 18.0 Å². The molecule has 7 heteroatoms. The van der Waals surface area contributed by atoms with E-state index in [1.807, 2.05) is 11.0 Å². The predicted molar refractivity (Wildman–Crippen MR) is 120 cm³/mol. The highest BCUT2D eigenvalue weighted by Gasteiger charge is 2.39. The Morgan fingerprint density at radius 2 is 1.81 bits per heavy atom. The zero-order chi connectivity index (χ0) is 23.0. The van der Waals surface area contributed by atoms with E-state index >= 15 is 0 Å². The zero-order valence-electron chi connectivity index (χ0n) is 18.7. The molecule has 1 amide bonds. The number of para-hydroxylation sites is 1. The molecule has 3 N–H and O–H groups in total. The normalized spacial score (nSPS) is 19.4. The number of rotatable bonds is 5. The second-order valence-electron chi connectivity index (χ2n) is 8.85. The largest absolute Gasteiger partial charge is 0.473 e. The number of carbonyl (C=O) groups excluding carboxylic acids is 1. The highest BCUT2D eigenvalue weighted by atomic mass is 16.4. The second-order valence-corrected chi connectivity index (χ2v) is 8.85. The molecule has 170 valence electrons. The first-order valence-corrected chi connectivity index (χ1v) is 10.9. The van der Waals surface area contributed by atoms with Gasteiger partial charge in [0.05, 0.1) is 6.54 Å². The van der Waals surface area contributed by atoms with Gasteiger partial charge >= 0.3 is 11.9 Å². The monoisotopic (exact) mass is 430 g/mol. The summed E-state index contributed by atoms with van der Waals surface area (Å²) in [6, 6.07) is 8.37. The molecule has 0 bridgehead atoms. The van der Waals surface area contributed by atoms with Crippen LogP contribution >= 0.6 is 0 Å². The third-order valence-corrected chi connectivity index (χ3v) is 5.84. The highest BCUT2D eigenvalue weighted by molar-refractivity contribution is 6.27. The molecule has 1 aliphatic carbocycles. The number of aliphatic carboxylic acids is 2. The molecule has 0 radical (unpaired) electrons. The maximum Gasteiger partial charge on any atom is 0.414 e. The van der Waals surface area contributed by atoms with E-state index in [2.05, 4.69) is 50.4 Å². The average Bonchev–Trinajstić information content (AvgIpc) is 2.72. The Labute approximate surface area is 184 Å². The summed E-state index contributed by atoms with van der Waals surface area (Å²) in [5, 5.41) is 18.2. The number of carbonyl (C=O) groups is 3. The number of anilines is 1. The van der Waals surface area contributed by atoms with Crippen LogP contribution in [0.15, 0.2) is 35.9 Å². The van der Waals surface area contributed by atoms with E-state index < -0.39 is 11.9 Å². The Balaban J connectivity index is 0.000000501. The number of hydrogen-bond acceptors (Lipinski definition) is 4. The summed E-state index contributed by atoms with van der Waals surface area (Å²) < 4.78 is 0. The van der Waals surface area contributed by atoms with Crippen LogP contribution in [-0.2, 0) is 14.4 Å². The Morgan fingerprint density at radius 1 is 1.13 bits per heavy atom. The summed E-state index contributed by atoms with van der Waals surface area (Å²) in [7, 11) is 0. The van der Waals surface area contributed by atoms with Gasteiger partial charge in [-0.2, -0.15) is 0 Å². The molecule has 1 aromatic carbocycles. The molecule has 0 aromatic heterocycles. The molecule has 1 heterocycles. The van der Waals surface area contributed by atoms with Crippen LogP contribution in [0.5, 0.6) is 0 Å².